The zero-order valence-corrected chi connectivity index (χ0v) is 12.9. The molecule has 1 saturated heterocycles. The van der Waals surface area contributed by atoms with Gasteiger partial charge in [0.15, 0.2) is 0 Å². The summed E-state index contributed by atoms with van der Waals surface area (Å²) >= 11 is 0. The minimum atomic E-state index is -3.73. The third-order valence-corrected chi connectivity index (χ3v) is 5.32. The van der Waals surface area contributed by atoms with Crippen molar-refractivity contribution in [2.45, 2.75) is 31.2 Å². The number of nitrogens with zero attached hydrogens (tertiary/aromatic N) is 1. The molecular formula is C15H20N2O3S. The number of nitrogens with two attached hydrogens (primary N) is 1. The van der Waals surface area contributed by atoms with E-state index in [1.807, 2.05) is 31.2 Å². The first kappa shape index (κ1) is 14.6. The van der Waals surface area contributed by atoms with E-state index in [0.29, 0.717) is 11.3 Å². The van der Waals surface area contributed by atoms with Gasteiger partial charge >= 0.3 is 0 Å². The molecule has 1 aliphatic heterocycles. The van der Waals surface area contributed by atoms with Gasteiger partial charge in [-0.2, -0.15) is 0 Å². The molecule has 3 rings (SSSR count). The van der Waals surface area contributed by atoms with Crippen molar-refractivity contribution in [1.29, 1.82) is 0 Å². The molecule has 114 valence electrons. The average Bonchev–Trinajstić information content (AvgIpc) is 2.73. The highest BCUT2D eigenvalue weighted by Gasteiger charge is 2.24. The minimum absolute atomic E-state index is 0.255. The molecule has 2 aromatic rings. The van der Waals surface area contributed by atoms with Crippen LogP contribution in [0.15, 0.2) is 29.2 Å². The van der Waals surface area contributed by atoms with Crippen molar-refractivity contribution in [3.05, 3.63) is 30.0 Å². The van der Waals surface area contributed by atoms with E-state index in [-0.39, 0.29) is 4.90 Å². The Morgan fingerprint density at radius 3 is 2.62 bits per heavy atom. The lowest BCUT2D eigenvalue weighted by molar-refractivity contribution is 0.0614. The van der Waals surface area contributed by atoms with E-state index < -0.39 is 10.0 Å². The van der Waals surface area contributed by atoms with Gasteiger partial charge in [-0.3, -0.25) is 0 Å². The Balaban J connectivity index is 2.11. The Morgan fingerprint density at radius 2 is 1.95 bits per heavy atom. The molecule has 0 amide bonds. The number of hydrogen-bond acceptors (Lipinski definition) is 3. The van der Waals surface area contributed by atoms with Gasteiger partial charge in [0, 0.05) is 36.4 Å². The molecule has 6 heteroatoms. The summed E-state index contributed by atoms with van der Waals surface area (Å²) in [5.41, 5.74) is 1.66. The van der Waals surface area contributed by atoms with Gasteiger partial charge in [0.25, 0.3) is 0 Å². The predicted octanol–water partition coefficient (Wildman–Crippen LogP) is 2.02. The first-order valence-electron chi connectivity index (χ1n) is 7.17. The highest BCUT2D eigenvalue weighted by Crippen LogP contribution is 2.30. The van der Waals surface area contributed by atoms with Crippen molar-refractivity contribution in [3.63, 3.8) is 0 Å². The van der Waals surface area contributed by atoms with Gasteiger partial charge in [0.1, 0.15) is 4.90 Å². The van der Waals surface area contributed by atoms with Crippen LogP contribution in [0.4, 0.5) is 0 Å². The van der Waals surface area contributed by atoms with E-state index in [9.17, 15) is 8.42 Å². The zero-order chi connectivity index (χ0) is 15.0. The summed E-state index contributed by atoms with van der Waals surface area (Å²) < 4.78 is 31.3. The lowest BCUT2D eigenvalue weighted by Crippen LogP contribution is -2.21. The highest BCUT2D eigenvalue weighted by molar-refractivity contribution is 7.89. The Morgan fingerprint density at radius 1 is 1.29 bits per heavy atom. The maximum atomic E-state index is 11.9. The summed E-state index contributed by atoms with van der Waals surface area (Å²) in [6.07, 6.45) is 2.02. The fraction of sp³-hybridized carbons (Fsp3) is 0.467. The summed E-state index contributed by atoms with van der Waals surface area (Å²) in [4.78, 5) is 0.255. The maximum Gasteiger partial charge on any atom is 0.240 e. The van der Waals surface area contributed by atoms with E-state index in [4.69, 9.17) is 9.88 Å². The zero-order valence-electron chi connectivity index (χ0n) is 12.1. The smallest absolute Gasteiger partial charge is 0.240 e. The van der Waals surface area contributed by atoms with Gasteiger partial charge in [-0.25, -0.2) is 13.6 Å². The Kier molecular flexibility index (Phi) is 3.77. The third kappa shape index (κ3) is 2.71. The molecule has 0 radical (unpaired) electrons. The van der Waals surface area contributed by atoms with Crippen LogP contribution in [0.2, 0.25) is 0 Å². The molecule has 0 spiro atoms. The molecule has 1 aromatic heterocycles. The van der Waals surface area contributed by atoms with Crippen LogP contribution in [0.3, 0.4) is 0 Å². The molecule has 0 saturated carbocycles. The van der Waals surface area contributed by atoms with Crippen molar-refractivity contribution in [2.75, 3.05) is 13.2 Å². The molecule has 5 nitrogen and oxygen atoms in total. The monoisotopic (exact) mass is 308 g/mol. The van der Waals surface area contributed by atoms with Crippen molar-refractivity contribution in [1.82, 2.24) is 4.57 Å². The van der Waals surface area contributed by atoms with Crippen molar-refractivity contribution >= 4 is 20.9 Å². The Hall–Kier alpha value is -1.37. The fourth-order valence-electron chi connectivity index (χ4n) is 3.18. The molecule has 0 atom stereocenters. The van der Waals surface area contributed by atoms with Crippen LogP contribution in [-0.2, 0) is 21.3 Å². The number of ether oxygens (including phenoxy) is 1. The van der Waals surface area contributed by atoms with Crippen LogP contribution in [0.25, 0.3) is 10.9 Å². The summed E-state index contributed by atoms with van der Waals surface area (Å²) in [7, 11) is -3.73. The number of aromatic nitrogens is 1. The van der Waals surface area contributed by atoms with E-state index >= 15 is 0 Å². The quantitative estimate of drug-likeness (QED) is 0.942. The molecule has 1 fully saturated rings. The van der Waals surface area contributed by atoms with Crippen molar-refractivity contribution in [2.24, 2.45) is 11.1 Å². The van der Waals surface area contributed by atoms with Gasteiger partial charge < -0.3 is 9.30 Å². The van der Waals surface area contributed by atoms with Crippen LogP contribution in [0, 0.1) is 12.8 Å². The predicted molar refractivity (Wildman–Crippen MR) is 81.6 cm³/mol. The number of fused-ring (bicyclic) bond motifs is 1. The van der Waals surface area contributed by atoms with Gasteiger partial charge in [-0.15, -0.1) is 0 Å². The Bertz CT molecular complexity index is 759. The summed E-state index contributed by atoms with van der Waals surface area (Å²) in [6, 6.07) is 7.54. The van der Waals surface area contributed by atoms with Crippen LogP contribution in [0.5, 0.6) is 0 Å². The summed E-state index contributed by atoms with van der Waals surface area (Å²) in [5, 5.41) is 6.12. The first-order valence-corrected chi connectivity index (χ1v) is 8.71. The Labute approximate surface area is 124 Å². The van der Waals surface area contributed by atoms with E-state index in [1.54, 1.807) is 0 Å². The first-order chi connectivity index (χ1) is 9.98. The van der Waals surface area contributed by atoms with Gasteiger partial charge in [0.2, 0.25) is 10.0 Å². The lowest BCUT2D eigenvalue weighted by atomic mass is 10.0. The second-order valence-corrected chi connectivity index (χ2v) is 7.14. The number of rotatable bonds is 3. The lowest BCUT2D eigenvalue weighted by Gasteiger charge is -2.23. The largest absolute Gasteiger partial charge is 0.381 e. The summed E-state index contributed by atoms with van der Waals surface area (Å²) in [6.45, 7) is 4.21. The molecule has 0 bridgehead atoms. The van der Waals surface area contributed by atoms with Gasteiger partial charge in [0.05, 0.1) is 0 Å². The number of sulfonamides is 1. The van der Waals surface area contributed by atoms with Gasteiger partial charge in [-0.1, -0.05) is 18.2 Å². The number of benzene rings is 1. The molecule has 2 heterocycles. The second kappa shape index (κ2) is 5.44. The normalized spacial score (nSPS) is 17.4. The number of hydrogen-bond donors (Lipinski definition) is 1. The average molecular weight is 308 g/mol. The molecule has 0 unspecified atom stereocenters. The molecule has 21 heavy (non-hydrogen) atoms. The maximum absolute atomic E-state index is 11.9. The molecule has 1 aliphatic rings. The number of primary sulfonamides is 1. The fourth-order valence-corrected chi connectivity index (χ4v) is 4.18. The molecule has 1 aromatic carbocycles. The third-order valence-electron chi connectivity index (χ3n) is 4.24. The van der Waals surface area contributed by atoms with E-state index in [1.165, 1.54) is 0 Å². The highest BCUT2D eigenvalue weighted by atomic mass is 32.2. The second-order valence-electron chi connectivity index (χ2n) is 5.64. The van der Waals surface area contributed by atoms with Crippen LogP contribution >= 0.6 is 0 Å². The molecule has 2 N–H and O–H groups in total. The van der Waals surface area contributed by atoms with Crippen molar-refractivity contribution < 1.29 is 13.2 Å². The minimum Gasteiger partial charge on any atom is -0.381 e. The van der Waals surface area contributed by atoms with E-state index in [2.05, 4.69) is 4.57 Å². The topological polar surface area (TPSA) is 74.3 Å². The summed E-state index contributed by atoms with van der Waals surface area (Å²) in [5.74, 6) is 0.515. The number of para-hydroxylation sites is 1. The van der Waals surface area contributed by atoms with Crippen LogP contribution in [0.1, 0.15) is 18.5 Å². The SMILES string of the molecule is Cc1c(S(N)(=O)=O)c2ccccc2n1CC1CCOCC1. The van der Waals surface area contributed by atoms with E-state index in [0.717, 1.165) is 43.8 Å². The van der Waals surface area contributed by atoms with Crippen LogP contribution in [-0.4, -0.2) is 26.2 Å². The molecular weight excluding hydrogens is 288 g/mol. The van der Waals surface area contributed by atoms with Crippen molar-refractivity contribution in [3.8, 4) is 0 Å². The molecule has 0 aliphatic carbocycles. The van der Waals surface area contributed by atoms with Crippen LogP contribution < -0.4 is 5.14 Å². The standard InChI is InChI=1S/C15H20N2O3S/c1-11-15(21(16,18)19)13-4-2-3-5-14(13)17(11)10-12-6-8-20-9-7-12/h2-5,12H,6-10H2,1H3,(H2,16,18,19). The van der Waals surface area contributed by atoms with Gasteiger partial charge in [-0.05, 0) is 31.7 Å².